The summed E-state index contributed by atoms with van der Waals surface area (Å²) in [5.74, 6) is -1.87. The average Bonchev–Trinajstić information content (AvgIpc) is 2.96. The Kier molecular flexibility index (Phi) is 4.09. The summed E-state index contributed by atoms with van der Waals surface area (Å²) in [6.45, 7) is -0.232. The van der Waals surface area contributed by atoms with Gasteiger partial charge in [-0.2, -0.15) is 5.10 Å². The molecule has 2 aromatic heterocycles. The van der Waals surface area contributed by atoms with Crippen molar-refractivity contribution in [2.45, 2.75) is 6.54 Å². The second-order valence-corrected chi connectivity index (χ2v) is 4.76. The maximum absolute atomic E-state index is 13.5. The Labute approximate surface area is 130 Å². The zero-order valence-corrected chi connectivity index (χ0v) is 11.9. The molecule has 2 N–H and O–H groups in total. The maximum Gasteiger partial charge on any atom is 0.244 e. The van der Waals surface area contributed by atoms with E-state index in [2.05, 4.69) is 20.5 Å². The van der Waals surface area contributed by atoms with Gasteiger partial charge in [0, 0.05) is 29.8 Å². The standard InChI is InChI=1S/C16H12F2N4O/c17-12-4-1-5-13(18)11(12)9-20-15(23)7-6-14-10-3-2-8-19-16(10)22-21-14/h1-8H,9H2,(H,20,23)(H,19,21,22)/b7-6+. The third kappa shape index (κ3) is 3.23. The van der Waals surface area contributed by atoms with E-state index in [9.17, 15) is 13.6 Å². The molecular weight excluding hydrogens is 302 g/mol. The lowest BCUT2D eigenvalue weighted by atomic mass is 10.2. The molecule has 7 heteroatoms. The van der Waals surface area contributed by atoms with Crippen LogP contribution in [0, 0.1) is 11.6 Å². The number of amides is 1. The first-order chi connectivity index (χ1) is 11.1. The number of H-pyrrole nitrogens is 1. The summed E-state index contributed by atoms with van der Waals surface area (Å²) in [5.41, 5.74) is 0.991. The number of benzene rings is 1. The van der Waals surface area contributed by atoms with Crippen LogP contribution in [0.5, 0.6) is 0 Å². The second-order valence-electron chi connectivity index (χ2n) is 4.76. The topological polar surface area (TPSA) is 70.7 Å². The van der Waals surface area contributed by atoms with Crippen LogP contribution in [0.3, 0.4) is 0 Å². The highest BCUT2D eigenvalue weighted by Crippen LogP contribution is 2.14. The smallest absolute Gasteiger partial charge is 0.244 e. The van der Waals surface area contributed by atoms with Crippen molar-refractivity contribution < 1.29 is 13.6 Å². The summed E-state index contributed by atoms with van der Waals surface area (Å²) in [7, 11) is 0. The van der Waals surface area contributed by atoms with E-state index in [0.717, 1.165) is 17.5 Å². The molecule has 116 valence electrons. The molecule has 0 aliphatic carbocycles. The van der Waals surface area contributed by atoms with E-state index >= 15 is 0 Å². The Bertz CT molecular complexity index is 868. The van der Waals surface area contributed by atoms with Gasteiger partial charge in [-0.1, -0.05) is 6.07 Å². The quantitative estimate of drug-likeness (QED) is 0.727. The lowest BCUT2D eigenvalue weighted by Gasteiger charge is -2.05. The Balaban J connectivity index is 1.68. The maximum atomic E-state index is 13.5. The van der Waals surface area contributed by atoms with Crippen LogP contribution in [0.1, 0.15) is 11.3 Å². The number of aromatic amines is 1. The van der Waals surface area contributed by atoms with E-state index in [1.54, 1.807) is 12.3 Å². The molecule has 23 heavy (non-hydrogen) atoms. The average molecular weight is 314 g/mol. The summed E-state index contributed by atoms with van der Waals surface area (Å²) in [6.07, 6.45) is 4.39. The number of carbonyl (C=O) groups excluding carboxylic acids is 1. The Hall–Kier alpha value is -3.09. The molecule has 0 atom stereocenters. The summed E-state index contributed by atoms with van der Waals surface area (Å²) in [5, 5.41) is 9.99. The number of nitrogens with one attached hydrogen (secondary N) is 2. The van der Waals surface area contributed by atoms with Crippen LogP contribution in [0.25, 0.3) is 17.1 Å². The van der Waals surface area contributed by atoms with Crippen molar-refractivity contribution >= 4 is 23.0 Å². The number of hydrogen-bond acceptors (Lipinski definition) is 3. The van der Waals surface area contributed by atoms with E-state index in [1.165, 1.54) is 18.2 Å². The van der Waals surface area contributed by atoms with Crippen molar-refractivity contribution in [3.63, 3.8) is 0 Å². The first kappa shape index (κ1) is 14.8. The predicted octanol–water partition coefficient (Wildman–Crippen LogP) is 2.57. The summed E-state index contributed by atoms with van der Waals surface area (Å²) in [4.78, 5) is 15.9. The van der Waals surface area contributed by atoms with Gasteiger partial charge in [0.15, 0.2) is 5.65 Å². The van der Waals surface area contributed by atoms with E-state index < -0.39 is 17.5 Å². The van der Waals surface area contributed by atoms with Crippen LogP contribution in [-0.4, -0.2) is 21.1 Å². The van der Waals surface area contributed by atoms with Gasteiger partial charge in [-0.15, -0.1) is 0 Å². The van der Waals surface area contributed by atoms with Crippen molar-refractivity contribution in [3.8, 4) is 0 Å². The van der Waals surface area contributed by atoms with Crippen molar-refractivity contribution in [2.75, 3.05) is 0 Å². The number of nitrogens with zero attached hydrogens (tertiary/aromatic N) is 2. The van der Waals surface area contributed by atoms with E-state index in [1.807, 2.05) is 6.07 Å². The first-order valence-electron chi connectivity index (χ1n) is 6.83. The fourth-order valence-electron chi connectivity index (χ4n) is 2.09. The van der Waals surface area contributed by atoms with Crippen molar-refractivity contribution in [1.82, 2.24) is 20.5 Å². The molecule has 0 radical (unpaired) electrons. The van der Waals surface area contributed by atoms with Gasteiger partial charge in [-0.25, -0.2) is 13.8 Å². The molecule has 0 unspecified atom stereocenters. The van der Waals surface area contributed by atoms with Gasteiger partial charge < -0.3 is 5.32 Å². The number of fused-ring (bicyclic) bond motifs is 1. The van der Waals surface area contributed by atoms with E-state index in [-0.39, 0.29) is 12.1 Å². The van der Waals surface area contributed by atoms with Crippen LogP contribution >= 0.6 is 0 Å². The Morgan fingerprint density at radius 1 is 1.22 bits per heavy atom. The van der Waals surface area contributed by atoms with Gasteiger partial charge >= 0.3 is 0 Å². The molecular formula is C16H12F2N4O. The Morgan fingerprint density at radius 2 is 2.00 bits per heavy atom. The van der Waals surface area contributed by atoms with Crippen molar-refractivity contribution in [2.24, 2.45) is 0 Å². The minimum absolute atomic E-state index is 0.177. The number of aromatic nitrogens is 3. The number of halogens is 2. The zero-order chi connectivity index (χ0) is 16.2. The van der Waals surface area contributed by atoms with Gasteiger partial charge in [-0.3, -0.25) is 9.89 Å². The van der Waals surface area contributed by atoms with E-state index in [0.29, 0.717) is 11.3 Å². The highest BCUT2D eigenvalue weighted by molar-refractivity contribution is 5.94. The second kappa shape index (κ2) is 6.35. The highest BCUT2D eigenvalue weighted by Gasteiger charge is 2.09. The Morgan fingerprint density at radius 3 is 2.78 bits per heavy atom. The molecule has 0 saturated carbocycles. The molecule has 0 fully saturated rings. The summed E-state index contributed by atoms with van der Waals surface area (Å²) < 4.78 is 26.9. The normalized spacial score (nSPS) is 11.2. The molecule has 0 aliphatic rings. The summed E-state index contributed by atoms with van der Waals surface area (Å²) in [6, 6.07) is 7.13. The van der Waals surface area contributed by atoms with Gasteiger partial charge in [0.25, 0.3) is 0 Å². The van der Waals surface area contributed by atoms with Crippen LogP contribution in [0.2, 0.25) is 0 Å². The fraction of sp³-hybridized carbons (Fsp3) is 0.0625. The minimum Gasteiger partial charge on any atom is -0.348 e. The van der Waals surface area contributed by atoms with Gasteiger partial charge in [0.1, 0.15) is 11.6 Å². The van der Waals surface area contributed by atoms with Crippen LogP contribution < -0.4 is 5.32 Å². The van der Waals surface area contributed by atoms with Gasteiger partial charge in [-0.05, 0) is 30.3 Å². The molecule has 0 bridgehead atoms. The molecule has 3 rings (SSSR count). The molecule has 0 spiro atoms. The lowest BCUT2D eigenvalue weighted by molar-refractivity contribution is -0.116. The number of carbonyl (C=O) groups is 1. The predicted molar refractivity (Wildman–Crippen MR) is 81.1 cm³/mol. The molecule has 3 aromatic rings. The lowest BCUT2D eigenvalue weighted by Crippen LogP contribution is -2.21. The highest BCUT2D eigenvalue weighted by atomic mass is 19.1. The SMILES string of the molecule is O=C(/C=C/c1n[nH]c2ncccc12)NCc1c(F)cccc1F. The van der Waals surface area contributed by atoms with Crippen LogP contribution in [-0.2, 0) is 11.3 Å². The number of rotatable bonds is 4. The monoisotopic (exact) mass is 314 g/mol. The molecule has 1 aromatic carbocycles. The van der Waals surface area contributed by atoms with Gasteiger partial charge in [0.2, 0.25) is 5.91 Å². The first-order valence-corrected chi connectivity index (χ1v) is 6.83. The molecule has 1 amide bonds. The van der Waals surface area contributed by atoms with E-state index in [4.69, 9.17) is 0 Å². The number of hydrogen-bond donors (Lipinski definition) is 2. The minimum atomic E-state index is -0.696. The summed E-state index contributed by atoms with van der Waals surface area (Å²) >= 11 is 0. The fourth-order valence-corrected chi connectivity index (χ4v) is 2.09. The van der Waals surface area contributed by atoms with Crippen LogP contribution in [0.15, 0.2) is 42.6 Å². The molecule has 5 nitrogen and oxygen atoms in total. The van der Waals surface area contributed by atoms with Crippen LogP contribution in [0.4, 0.5) is 8.78 Å². The third-order valence-corrected chi connectivity index (χ3v) is 3.26. The number of pyridine rings is 1. The van der Waals surface area contributed by atoms with Crippen molar-refractivity contribution in [1.29, 1.82) is 0 Å². The molecule has 2 heterocycles. The largest absolute Gasteiger partial charge is 0.348 e. The zero-order valence-electron chi connectivity index (χ0n) is 11.9. The van der Waals surface area contributed by atoms with Crippen molar-refractivity contribution in [3.05, 3.63) is 65.5 Å². The molecule has 0 saturated heterocycles. The third-order valence-electron chi connectivity index (χ3n) is 3.26. The van der Waals surface area contributed by atoms with Gasteiger partial charge in [0.05, 0.1) is 5.69 Å². The molecule has 0 aliphatic heterocycles.